The zero-order valence-electron chi connectivity index (χ0n) is 26.2. The number of ether oxygens (including phenoxy) is 1. The molecule has 0 bridgehead atoms. The molecule has 1 aliphatic heterocycles. The Labute approximate surface area is 254 Å². The number of alkyl carbamates (subject to hydrolysis) is 1. The van der Waals surface area contributed by atoms with Crippen LogP contribution in [0.3, 0.4) is 0 Å². The molecule has 1 saturated heterocycles. The van der Waals surface area contributed by atoms with Gasteiger partial charge in [0.1, 0.15) is 23.2 Å². The highest BCUT2D eigenvalue weighted by atomic mass is 32.2. The van der Waals surface area contributed by atoms with Crippen molar-refractivity contribution in [3.63, 3.8) is 0 Å². The topological polar surface area (TPSA) is 168 Å². The lowest BCUT2D eigenvalue weighted by molar-refractivity contribution is -0.142. The predicted molar refractivity (Wildman–Crippen MR) is 160 cm³/mol. The van der Waals surface area contributed by atoms with Crippen LogP contribution < -0.4 is 15.4 Å². The van der Waals surface area contributed by atoms with Crippen LogP contribution in [0.15, 0.2) is 24.3 Å². The molecule has 4 amide bonds. The highest BCUT2D eigenvalue weighted by Crippen LogP contribution is 2.45. The van der Waals surface area contributed by atoms with Crippen LogP contribution in [0.25, 0.3) is 0 Å². The fourth-order valence-corrected chi connectivity index (χ4v) is 6.60. The number of likely N-dealkylation sites (tertiary alicyclic amines) is 1. The number of carbonyl (C=O) groups is 5. The van der Waals surface area contributed by atoms with E-state index >= 15 is 0 Å². The summed E-state index contributed by atoms with van der Waals surface area (Å²) < 4.78 is 32.4. The third kappa shape index (κ3) is 8.45. The van der Waals surface area contributed by atoms with Crippen molar-refractivity contribution in [2.45, 2.75) is 115 Å². The van der Waals surface area contributed by atoms with E-state index in [2.05, 4.69) is 21.9 Å². The monoisotopic (exact) mass is 622 g/mol. The van der Waals surface area contributed by atoms with Crippen molar-refractivity contribution in [2.24, 2.45) is 11.3 Å². The molecule has 12 nitrogen and oxygen atoms in total. The van der Waals surface area contributed by atoms with Crippen LogP contribution in [0.5, 0.6) is 0 Å². The van der Waals surface area contributed by atoms with Gasteiger partial charge in [0.2, 0.25) is 21.8 Å². The van der Waals surface area contributed by atoms with Gasteiger partial charge in [0.05, 0.1) is 5.25 Å². The number of rotatable bonds is 12. The Morgan fingerprint density at radius 1 is 1.07 bits per heavy atom. The van der Waals surface area contributed by atoms with E-state index in [0.29, 0.717) is 25.7 Å². The lowest BCUT2D eigenvalue weighted by Crippen LogP contribution is -2.59. The van der Waals surface area contributed by atoms with Crippen molar-refractivity contribution < 1.29 is 37.1 Å². The number of ketones is 1. The van der Waals surface area contributed by atoms with Gasteiger partial charge in [-0.25, -0.2) is 13.2 Å². The summed E-state index contributed by atoms with van der Waals surface area (Å²) in [5, 5.41) is 4.72. The van der Waals surface area contributed by atoms with Crippen molar-refractivity contribution in [1.29, 1.82) is 0 Å². The Kier molecular flexibility index (Phi) is 9.89. The standard InChI is InChI=1S/C30H46N4O8S/c1-9-19-16-30(19,26(38)33-43(40,41)20-12-13-20)32-24(36)22-11-10-14-34(22)25(37)21(31-27(39)42-28(4,5)6)17-29(7,8)23(35)15-18(2)3/h9,15,19-22H,1,10-14,16-17H2,2-8H3,(H,31,39)(H,32,36)(H,33,38)/t19-,21+,22+,30-/m1/s1. The van der Waals surface area contributed by atoms with Crippen LogP contribution in [-0.2, 0) is 33.9 Å². The number of hydrogen-bond acceptors (Lipinski definition) is 8. The largest absolute Gasteiger partial charge is 0.444 e. The number of sulfonamides is 1. The third-order valence-corrected chi connectivity index (χ3v) is 9.70. The molecule has 2 aliphatic carbocycles. The molecule has 4 atom stereocenters. The molecule has 13 heteroatoms. The van der Waals surface area contributed by atoms with Crippen molar-refractivity contribution in [1.82, 2.24) is 20.3 Å². The van der Waals surface area contributed by atoms with Gasteiger partial charge in [-0.1, -0.05) is 25.5 Å². The van der Waals surface area contributed by atoms with E-state index in [0.717, 1.165) is 5.57 Å². The molecular weight excluding hydrogens is 576 g/mol. The summed E-state index contributed by atoms with van der Waals surface area (Å²) in [6.07, 6.45) is 4.00. The zero-order chi connectivity index (χ0) is 32.5. The zero-order valence-corrected chi connectivity index (χ0v) is 27.1. The molecule has 0 spiro atoms. The van der Waals surface area contributed by atoms with Gasteiger partial charge in [-0.3, -0.25) is 23.9 Å². The fourth-order valence-electron chi connectivity index (χ4n) is 5.24. The Bertz CT molecular complexity index is 1310. The van der Waals surface area contributed by atoms with Gasteiger partial charge in [-0.2, -0.15) is 0 Å². The molecule has 0 aromatic rings. The van der Waals surface area contributed by atoms with Crippen molar-refractivity contribution in [3.05, 3.63) is 24.3 Å². The van der Waals surface area contributed by atoms with Crippen LogP contribution in [0.2, 0.25) is 0 Å². The van der Waals surface area contributed by atoms with Crippen LogP contribution in [-0.4, -0.2) is 77.9 Å². The average Bonchev–Trinajstić information content (AvgIpc) is 3.77. The Morgan fingerprint density at radius 2 is 1.70 bits per heavy atom. The molecule has 3 aliphatic rings. The number of hydrogen-bond donors (Lipinski definition) is 3. The number of amides is 4. The minimum atomic E-state index is -3.84. The van der Waals surface area contributed by atoms with Crippen LogP contribution in [0.1, 0.15) is 87.0 Å². The first-order chi connectivity index (χ1) is 19.7. The first-order valence-electron chi connectivity index (χ1n) is 14.7. The molecule has 240 valence electrons. The van der Waals surface area contributed by atoms with Crippen LogP contribution in [0.4, 0.5) is 4.79 Å². The quantitative estimate of drug-likeness (QED) is 0.220. The predicted octanol–water partition coefficient (Wildman–Crippen LogP) is 2.49. The van der Waals surface area contributed by atoms with Gasteiger partial charge in [0.15, 0.2) is 5.78 Å². The normalized spacial score (nSPS) is 24.3. The molecular formula is C30H46N4O8S. The highest BCUT2D eigenvalue weighted by molar-refractivity contribution is 7.91. The fraction of sp³-hybridized carbons (Fsp3) is 0.700. The molecule has 0 aromatic carbocycles. The molecule has 0 unspecified atom stereocenters. The SMILES string of the molecule is C=C[C@@H]1C[C@]1(NC(=O)[C@@H]1CCCN1C(=O)[C@H](CC(C)(C)C(=O)C=C(C)C)NC(=O)OC(C)(C)C)C(=O)NS(=O)(=O)C1CC1. The molecule has 0 aromatic heterocycles. The van der Waals surface area contributed by atoms with Crippen molar-refractivity contribution >= 4 is 39.6 Å². The Morgan fingerprint density at radius 3 is 2.21 bits per heavy atom. The first-order valence-corrected chi connectivity index (χ1v) is 16.3. The van der Waals surface area contributed by atoms with E-state index in [-0.39, 0.29) is 25.2 Å². The van der Waals surface area contributed by atoms with Gasteiger partial charge in [-0.15, -0.1) is 6.58 Å². The van der Waals surface area contributed by atoms with Gasteiger partial charge in [-0.05, 0) is 79.2 Å². The number of nitrogens with one attached hydrogen (secondary N) is 3. The lowest BCUT2D eigenvalue weighted by atomic mass is 9.80. The van der Waals surface area contributed by atoms with E-state index in [1.165, 1.54) is 17.1 Å². The van der Waals surface area contributed by atoms with E-state index in [9.17, 15) is 32.4 Å². The number of nitrogens with zero attached hydrogens (tertiary/aromatic N) is 1. The Balaban J connectivity index is 1.82. The smallest absolute Gasteiger partial charge is 0.408 e. The number of allylic oxidation sites excluding steroid dienone is 2. The summed E-state index contributed by atoms with van der Waals surface area (Å²) in [6.45, 7) is 15.9. The maximum absolute atomic E-state index is 14.0. The molecule has 0 radical (unpaired) electrons. The summed E-state index contributed by atoms with van der Waals surface area (Å²) in [6, 6.07) is -2.15. The van der Waals surface area contributed by atoms with Crippen LogP contribution in [0, 0.1) is 11.3 Å². The summed E-state index contributed by atoms with van der Waals surface area (Å²) >= 11 is 0. The molecule has 3 N–H and O–H groups in total. The third-order valence-electron chi connectivity index (χ3n) is 7.88. The average molecular weight is 623 g/mol. The van der Waals surface area contributed by atoms with E-state index in [1.54, 1.807) is 48.5 Å². The number of carbonyl (C=O) groups excluding carboxylic acids is 5. The second-order valence-electron chi connectivity index (χ2n) is 13.7. The molecule has 3 fully saturated rings. The van der Waals surface area contributed by atoms with Crippen molar-refractivity contribution in [2.75, 3.05) is 6.54 Å². The summed E-state index contributed by atoms with van der Waals surface area (Å²) in [5.74, 6) is -2.68. The van der Waals surface area contributed by atoms with Gasteiger partial charge in [0.25, 0.3) is 5.91 Å². The summed E-state index contributed by atoms with van der Waals surface area (Å²) in [7, 11) is -3.84. The molecule has 3 rings (SSSR count). The van der Waals surface area contributed by atoms with Crippen molar-refractivity contribution in [3.8, 4) is 0 Å². The Hall–Kier alpha value is -3.22. The van der Waals surface area contributed by atoms with E-state index < -0.39 is 73.6 Å². The van der Waals surface area contributed by atoms with Crippen LogP contribution >= 0.6 is 0 Å². The van der Waals surface area contributed by atoms with Gasteiger partial charge < -0.3 is 20.3 Å². The molecule has 2 saturated carbocycles. The van der Waals surface area contributed by atoms with E-state index in [4.69, 9.17) is 4.74 Å². The molecule has 43 heavy (non-hydrogen) atoms. The summed E-state index contributed by atoms with van der Waals surface area (Å²) in [4.78, 5) is 67.8. The first kappa shape index (κ1) is 34.3. The maximum atomic E-state index is 14.0. The van der Waals surface area contributed by atoms with Gasteiger partial charge in [0, 0.05) is 17.9 Å². The lowest BCUT2D eigenvalue weighted by Gasteiger charge is -2.33. The minimum absolute atomic E-state index is 0.0531. The highest BCUT2D eigenvalue weighted by Gasteiger charge is 2.61. The summed E-state index contributed by atoms with van der Waals surface area (Å²) in [5.41, 5.74) is -2.57. The second kappa shape index (κ2) is 12.4. The maximum Gasteiger partial charge on any atom is 0.408 e. The second-order valence-corrected chi connectivity index (χ2v) is 15.7. The van der Waals surface area contributed by atoms with Gasteiger partial charge >= 0.3 is 6.09 Å². The minimum Gasteiger partial charge on any atom is -0.444 e. The van der Waals surface area contributed by atoms with E-state index in [1.807, 2.05) is 0 Å². The molecule has 1 heterocycles.